The third-order valence-corrected chi connectivity index (χ3v) is 2.77. The highest BCUT2D eigenvalue weighted by Gasteiger charge is 2.11. The second-order valence-electron chi connectivity index (χ2n) is 3.45. The SMILES string of the molecule is Cc1cc(Cl)c(O)c(CCCO)c1C. The number of aromatic hydroxyl groups is 1. The standard InChI is InChI=1S/C11H15ClO2/c1-7-6-10(12)11(14)9(8(7)2)4-3-5-13/h6,13-14H,3-5H2,1-2H3. The summed E-state index contributed by atoms with van der Waals surface area (Å²) in [6, 6.07) is 1.76. The summed E-state index contributed by atoms with van der Waals surface area (Å²) in [4.78, 5) is 0. The van der Waals surface area contributed by atoms with E-state index in [1.807, 2.05) is 13.8 Å². The molecule has 0 radical (unpaired) electrons. The summed E-state index contributed by atoms with van der Waals surface area (Å²) in [5.74, 6) is 0.156. The highest BCUT2D eigenvalue weighted by atomic mass is 35.5. The van der Waals surface area contributed by atoms with Gasteiger partial charge in [0.25, 0.3) is 0 Å². The van der Waals surface area contributed by atoms with E-state index in [0.717, 1.165) is 16.7 Å². The third kappa shape index (κ3) is 2.20. The molecule has 2 N–H and O–H groups in total. The molecule has 1 rings (SSSR count). The van der Waals surface area contributed by atoms with E-state index >= 15 is 0 Å². The van der Waals surface area contributed by atoms with Crippen molar-refractivity contribution >= 4 is 11.6 Å². The van der Waals surface area contributed by atoms with Crippen LogP contribution in [-0.4, -0.2) is 16.8 Å². The first-order chi connectivity index (χ1) is 6.57. The molecule has 0 aromatic heterocycles. The van der Waals surface area contributed by atoms with Crippen LogP contribution in [0.2, 0.25) is 5.02 Å². The quantitative estimate of drug-likeness (QED) is 0.812. The van der Waals surface area contributed by atoms with Crippen molar-refractivity contribution in [1.82, 2.24) is 0 Å². The first-order valence-electron chi connectivity index (χ1n) is 4.66. The molecule has 0 spiro atoms. The second kappa shape index (κ2) is 4.67. The lowest BCUT2D eigenvalue weighted by atomic mass is 9.98. The van der Waals surface area contributed by atoms with Crippen molar-refractivity contribution in [3.05, 3.63) is 27.8 Å². The van der Waals surface area contributed by atoms with E-state index in [2.05, 4.69) is 0 Å². The van der Waals surface area contributed by atoms with E-state index in [-0.39, 0.29) is 12.4 Å². The van der Waals surface area contributed by atoms with Gasteiger partial charge in [-0.2, -0.15) is 0 Å². The lowest BCUT2D eigenvalue weighted by Gasteiger charge is -2.12. The molecule has 0 fully saturated rings. The number of aliphatic hydroxyl groups excluding tert-OH is 1. The molecule has 0 aliphatic heterocycles. The molecule has 0 saturated carbocycles. The van der Waals surface area contributed by atoms with Crippen molar-refractivity contribution in [2.45, 2.75) is 26.7 Å². The minimum Gasteiger partial charge on any atom is -0.506 e. The average Bonchev–Trinajstić information content (AvgIpc) is 2.15. The summed E-state index contributed by atoms with van der Waals surface area (Å²) in [6.07, 6.45) is 1.31. The minimum atomic E-state index is 0.129. The Kier molecular flexibility index (Phi) is 3.78. The predicted molar refractivity (Wildman–Crippen MR) is 58.0 cm³/mol. The monoisotopic (exact) mass is 214 g/mol. The molecule has 2 nitrogen and oxygen atoms in total. The van der Waals surface area contributed by atoms with Gasteiger partial charge in [-0.3, -0.25) is 0 Å². The summed E-state index contributed by atoms with van der Waals surface area (Å²) in [5.41, 5.74) is 2.98. The topological polar surface area (TPSA) is 40.5 Å². The van der Waals surface area contributed by atoms with Crippen LogP contribution in [0.5, 0.6) is 5.75 Å². The van der Waals surface area contributed by atoms with E-state index in [9.17, 15) is 5.11 Å². The average molecular weight is 215 g/mol. The number of phenols is 1. The normalized spacial score (nSPS) is 10.6. The van der Waals surface area contributed by atoms with Crippen LogP contribution in [-0.2, 0) is 6.42 Å². The van der Waals surface area contributed by atoms with E-state index < -0.39 is 0 Å². The van der Waals surface area contributed by atoms with Gasteiger partial charge in [0, 0.05) is 6.61 Å². The van der Waals surface area contributed by atoms with E-state index in [0.29, 0.717) is 17.9 Å². The largest absolute Gasteiger partial charge is 0.506 e. The van der Waals surface area contributed by atoms with Crippen molar-refractivity contribution < 1.29 is 10.2 Å². The molecule has 1 aromatic rings. The molecular weight excluding hydrogens is 200 g/mol. The van der Waals surface area contributed by atoms with Crippen LogP contribution in [0.1, 0.15) is 23.1 Å². The van der Waals surface area contributed by atoms with Gasteiger partial charge in [0.1, 0.15) is 5.75 Å². The van der Waals surface area contributed by atoms with Gasteiger partial charge in [-0.15, -0.1) is 0 Å². The molecule has 0 aliphatic carbocycles. The Balaban J connectivity index is 3.11. The van der Waals surface area contributed by atoms with Gasteiger partial charge in [0.15, 0.2) is 0 Å². The smallest absolute Gasteiger partial charge is 0.137 e. The first-order valence-corrected chi connectivity index (χ1v) is 5.04. The zero-order valence-electron chi connectivity index (χ0n) is 8.47. The summed E-state index contributed by atoms with van der Waals surface area (Å²) in [7, 11) is 0. The Hall–Kier alpha value is -0.730. The van der Waals surface area contributed by atoms with E-state index in [1.54, 1.807) is 6.07 Å². The summed E-state index contributed by atoms with van der Waals surface area (Å²) in [6.45, 7) is 4.05. The van der Waals surface area contributed by atoms with Gasteiger partial charge >= 0.3 is 0 Å². The van der Waals surface area contributed by atoms with E-state index in [4.69, 9.17) is 16.7 Å². The lowest BCUT2D eigenvalue weighted by Crippen LogP contribution is -1.96. The van der Waals surface area contributed by atoms with Crippen molar-refractivity contribution in [2.24, 2.45) is 0 Å². The lowest BCUT2D eigenvalue weighted by molar-refractivity contribution is 0.288. The fourth-order valence-corrected chi connectivity index (χ4v) is 1.77. The van der Waals surface area contributed by atoms with Crippen LogP contribution in [0.25, 0.3) is 0 Å². The van der Waals surface area contributed by atoms with Crippen LogP contribution in [0.4, 0.5) is 0 Å². The Morgan fingerprint density at radius 1 is 1.36 bits per heavy atom. The number of rotatable bonds is 3. The fraction of sp³-hybridized carbons (Fsp3) is 0.455. The van der Waals surface area contributed by atoms with Gasteiger partial charge in [-0.25, -0.2) is 0 Å². The van der Waals surface area contributed by atoms with Gasteiger partial charge in [-0.1, -0.05) is 11.6 Å². The zero-order chi connectivity index (χ0) is 10.7. The van der Waals surface area contributed by atoms with Crippen LogP contribution < -0.4 is 0 Å². The maximum absolute atomic E-state index is 9.72. The van der Waals surface area contributed by atoms with Gasteiger partial charge < -0.3 is 10.2 Å². The molecule has 0 amide bonds. The Labute approximate surface area is 89.1 Å². The van der Waals surface area contributed by atoms with Crippen molar-refractivity contribution in [3.8, 4) is 5.75 Å². The Bertz CT molecular complexity index is 308. The second-order valence-corrected chi connectivity index (χ2v) is 3.86. The van der Waals surface area contributed by atoms with Crippen LogP contribution >= 0.6 is 11.6 Å². The number of hydrogen-bond acceptors (Lipinski definition) is 2. The van der Waals surface area contributed by atoms with Crippen LogP contribution in [0.15, 0.2) is 6.07 Å². The van der Waals surface area contributed by atoms with Crippen molar-refractivity contribution in [1.29, 1.82) is 0 Å². The van der Waals surface area contributed by atoms with Crippen molar-refractivity contribution in [3.63, 3.8) is 0 Å². The molecule has 0 saturated heterocycles. The number of halogens is 1. The van der Waals surface area contributed by atoms with Crippen molar-refractivity contribution in [2.75, 3.05) is 6.61 Å². The Morgan fingerprint density at radius 3 is 2.57 bits per heavy atom. The summed E-state index contributed by atoms with van der Waals surface area (Å²) >= 11 is 5.86. The van der Waals surface area contributed by atoms with Crippen LogP contribution in [0, 0.1) is 13.8 Å². The van der Waals surface area contributed by atoms with Gasteiger partial charge in [0.05, 0.1) is 5.02 Å². The molecule has 0 aliphatic rings. The Morgan fingerprint density at radius 2 is 2.00 bits per heavy atom. The third-order valence-electron chi connectivity index (χ3n) is 2.48. The molecule has 0 heterocycles. The number of phenolic OH excluding ortho intramolecular Hbond substituents is 1. The molecule has 1 aromatic carbocycles. The number of aryl methyl sites for hydroxylation is 1. The van der Waals surface area contributed by atoms with Crippen LogP contribution in [0.3, 0.4) is 0 Å². The maximum Gasteiger partial charge on any atom is 0.137 e. The molecule has 3 heteroatoms. The number of aliphatic hydroxyl groups is 1. The number of hydrogen-bond donors (Lipinski definition) is 2. The highest BCUT2D eigenvalue weighted by Crippen LogP contribution is 2.32. The van der Waals surface area contributed by atoms with Gasteiger partial charge in [0.2, 0.25) is 0 Å². The molecule has 78 valence electrons. The minimum absolute atomic E-state index is 0.129. The highest BCUT2D eigenvalue weighted by molar-refractivity contribution is 6.32. The first kappa shape index (κ1) is 11.3. The molecule has 0 unspecified atom stereocenters. The molecular formula is C11H15ClO2. The molecule has 0 atom stereocenters. The predicted octanol–water partition coefficient (Wildman–Crippen LogP) is 2.59. The summed E-state index contributed by atoms with van der Waals surface area (Å²) < 4.78 is 0. The fourth-order valence-electron chi connectivity index (χ4n) is 1.49. The molecule has 0 bridgehead atoms. The molecule has 14 heavy (non-hydrogen) atoms. The summed E-state index contributed by atoms with van der Waals surface area (Å²) in [5, 5.41) is 18.8. The van der Waals surface area contributed by atoms with Gasteiger partial charge in [-0.05, 0) is 49.4 Å². The zero-order valence-corrected chi connectivity index (χ0v) is 9.23. The number of benzene rings is 1. The van der Waals surface area contributed by atoms with E-state index in [1.165, 1.54) is 0 Å². The maximum atomic E-state index is 9.72.